The minimum absolute atomic E-state index is 0.0863. The van der Waals surface area contributed by atoms with Crippen LogP contribution in [0.4, 0.5) is 5.69 Å². The fraction of sp³-hybridized carbons (Fsp3) is 0.0909. The van der Waals surface area contributed by atoms with Crippen molar-refractivity contribution in [2.24, 2.45) is 0 Å². The summed E-state index contributed by atoms with van der Waals surface area (Å²) in [6.07, 6.45) is 2.73. The van der Waals surface area contributed by atoms with Crippen molar-refractivity contribution in [2.75, 3.05) is 5.32 Å². The molecule has 19 heavy (non-hydrogen) atoms. The number of amides is 1. The molecule has 0 spiro atoms. The van der Waals surface area contributed by atoms with Crippen LogP contribution in [-0.4, -0.2) is 25.5 Å². The van der Waals surface area contributed by atoms with Crippen LogP contribution < -0.4 is 10.9 Å². The quantitative estimate of drug-likeness (QED) is 0.700. The number of carbonyl (C=O) groups excluding carboxylic acids is 1. The van der Waals surface area contributed by atoms with Crippen molar-refractivity contribution in [1.82, 2.24) is 19.6 Å². The molecule has 96 valence electrons. The zero-order valence-corrected chi connectivity index (χ0v) is 9.88. The Morgan fingerprint density at radius 2 is 2.37 bits per heavy atom. The van der Waals surface area contributed by atoms with Gasteiger partial charge in [0.05, 0.1) is 12.0 Å². The standard InChI is InChI=1S/C11H9N5O3/c1-6-8(15-9(17)7-3-2-4-19-7)10(18)16-11(14-6)12-5-13-16/h2-5H,1H3,(H,15,17)(H,12,13,14). The summed E-state index contributed by atoms with van der Waals surface area (Å²) in [6, 6.07) is 3.09. The molecule has 1 amide bonds. The Kier molecular flexibility index (Phi) is 2.41. The number of carbonyl (C=O) groups is 1. The first-order valence-electron chi connectivity index (χ1n) is 5.44. The van der Waals surface area contributed by atoms with Crippen molar-refractivity contribution in [2.45, 2.75) is 6.92 Å². The summed E-state index contributed by atoms with van der Waals surface area (Å²) in [4.78, 5) is 32.0. The van der Waals surface area contributed by atoms with E-state index in [2.05, 4.69) is 20.4 Å². The van der Waals surface area contributed by atoms with Gasteiger partial charge in [0.15, 0.2) is 5.76 Å². The smallest absolute Gasteiger partial charge is 0.298 e. The maximum atomic E-state index is 12.1. The lowest BCUT2D eigenvalue weighted by Gasteiger charge is -2.05. The highest BCUT2D eigenvalue weighted by atomic mass is 16.3. The van der Waals surface area contributed by atoms with Gasteiger partial charge >= 0.3 is 0 Å². The Morgan fingerprint density at radius 3 is 3.11 bits per heavy atom. The number of furan rings is 1. The summed E-state index contributed by atoms with van der Waals surface area (Å²) in [5, 5.41) is 5.11. The molecule has 3 aromatic heterocycles. The van der Waals surface area contributed by atoms with Crippen molar-refractivity contribution >= 4 is 17.4 Å². The van der Waals surface area contributed by atoms with Crippen molar-refractivity contribution < 1.29 is 9.21 Å². The van der Waals surface area contributed by atoms with Gasteiger partial charge in [0.1, 0.15) is 12.0 Å². The molecule has 0 aliphatic carbocycles. The van der Waals surface area contributed by atoms with Crippen molar-refractivity contribution in [3.63, 3.8) is 0 Å². The lowest BCUT2D eigenvalue weighted by molar-refractivity contribution is 0.0996. The van der Waals surface area contributed by atoms with Crippen LogP contribution in [0, 0.1) is 6.92 Å². The number of fused-ring (bicyclic) bond motifs is 1. The zero-order chi connectivity index (χ0) is 13.4. The number of aromatic nitrogens is 4. The molecule has 0 radical (unpaired) electrons. The molecule has 3 aromatic rings. The first-order valence-corrected chi connectivity index (χ1v) is 5.44. The molecule has 3 rings (SSSR count). The number of hydrogen-bond acceptors (Lipinski definition) is 5. The molecule has 0 saturated heterocycles. The highest BCUT2D eigenvalue weighted by molar-refractivity contribution is 6.02. The summed E-state index contributed by atoms with van der Waals surface area (Å²) >= 11 is 0. The van der Waals surface area contributed by atoms with E-state index in [0.29, 0.717) is 5.69 Å². The van der Waals surface area contributed by atoms with E-state index >= 15 is 0 Å². The van der Waals surface area contributed by atoms with Gasteiger partial charge in [-0.15, -0.1) is 0 Å². The Hall–Kier alpha value is -2.90. The topological polar surface area (TPSA) is 105 Å². The molecule has 3 heterocycles. The summed E-state index contributed by atoms with van der Waals surface area (Å²) in [5.74, 6) is -0.140. The number of hydrogen-bond donors (Lipinski definition) is 2. The van der Waals surface area contributed by atoms with Gasteiger partial charge in [-0.25, -0.2) is 9.97 Å². The zero-order valence-electron chi connectivity index (χ0n) is 9.88. The van der Waals surface area contributed by atoms with Crippen LogP contribution in [0.2, 0.25) is 0 Å². The summed E-state index contributed by atoms with van der Waals surface area (Å²) in [5.41, 5.74) is 0.0417. The number of nitrogens with zero attached hydrogens (tertiary/aromatic N) is 3. The molecule has 0 saturated carbocycles. The Labute approximate surface area is 106 Å². The number of H-pyrrole nitrogens is 1. The van der Waals surface area contributed by atoms with E-state index in [4.69, 9.17) is 4.42 Å². The van der Waals surface area contributed by atoms with E-state index < -0.39 is 11.5 Å². The van der Waals surface area contributed by atoms with Crippen molar-refractivity contribution in [3.05, 3.63) is 46.5 Å². The van der Waals surface area contributed by atoms with Gasteiger partial charge in [0.25, 0.3) is 17.2 Å². The summed E-state index contributed by atoms with van der Waals surface area (Å²) in [7, 11) is 0. The molecule has 8 heteroatoms. The largest absolute Gasteiger partial charge is 0.459 e. The predicted molar refractivity (Wildman–Crippen MR) is 65.0 cm³/mol. The lowest BCUT2D eigenvalue weighted by atomic mass is 10.3. The monoisotopic (exact) mass is 259 g/mol. The summed E-state index contributed by atoms with van der Waals surface area (Å²) in [6.45, 7) is 1.62. The first-order chi connectivity index (χ1) is 9.16. The third kappa shape index (κ3) is 1.79. The minimum Gasteiger partial charge on any atom is -0.459 e. The second-order valence-corrected chi connectivity index (χ2v) is 3.83. The van der Waals surface area contributed by atoms with E-state index in [1.54, 1.807) is 13.0 Å². The van der Waals surface area contributed by atoms with E-state index in [9.17, 15) is 9.59 Å². The lowest BCUT2D eigenvalue weighted by Crippen LogP contribution is -2.25. The molecular weight excluding hydrogens is 250 g/mol. The average molecular weight is 259 g/mol. The van der Waals surface area contributed by atoms with Crippen LogP contribution in [0.1, 0.15) is 16.2 Å². The molecule has 0 aromatic carbocycles. The van der Waals surface area contributed by atoms with Gasteiger partial charge < -0.3 is 9.73 Å². The van der Waals surface area contributed by atoms with Crippen molar-refractivity contribution in [1.29, 1.82) is 0 Å². The van der Waals surface area contributed by atoms with Gasteiger partial charge in [0, 0.05) is 0 Å². The molecule has 0 aliphatic heterocycles. The number of nitrogens with one attached hydrogen (secondary N) is 2. The van der Waals surface area contributed by atoms with E-state index in [-0.39, 0.29) is 17.2 Å². The molecule has 2 N–H and O–H groups in total. The highest BCUT2D eigenvalue weighted by Gasteiger charge is 2.16. The van der Waals surface area contributed by atoms with E-state index in [0.717, 1.165) is 4.52 Å². The van der Waals surface area contributed by atoms with Crippen LogP contribution >= 0.6 is 0 Å². The van der Waals surface area contributed by atoms with Crippen molar-refractivity contribution in [3.8, 4) is 0 Å². The highest BCUT2D eigenvalue weighted by Crippen LogP contribution is 2.09. The second-order valence-electron chi connectivity index (χ2n) is 3.83. The second kappa shape index (κ2) is 4.09. The summed E-state index contributed by atoms with van der Waals surface area (Å²) < 4.78 is 6.10. The number of rotatable bonds is 2. The Bertz CT molecular complexity index is 799. The van der Waals surface area contributed by atoms with Gasteiger partial charge in [-0.1, -0.05) is 0 Å². The molecule has 8 nitrogen and oxygen atoms in total. The van der Waals surface area contributed by atoms with Gasteiger partial charge in [-0.2, -0.15) is 4.52 Å². The maximum Gasteiger partial charge on any atom is 0.298 e. The first kappa shape index (κ1) is 11.2. The number of anilines is 1. The Morgan fingerprint density at radius 1 is 1.53 bits per heavy atom. The van der Waals surface area contributed by atoms with Crippen LogP contribution in [0.3, 0.4) is 0 Å². The average Bonchev–Trinajstić information content (AvgIpc) is 3.04. The molecule has 0 fully saturated rings. The fourth-order valence-electron chi connectivity index (χ4n) is 1.69. The molecule has 0 bridgehead atoms. The van der Waals surface area contributed by atoms with Gasteiger partial charge in [-0.05, 0) is 19.1 Å². The molecular formula is C11H9N5O3. The van der Waals surface area contributed by atoms with E-state index in [1.807, 2.05) is 0 Å². The van der Waals surface area contributed by atoms with Crippen LogP contribution in [0.25, 0.3) is 5.78 Å². The molecule has 0 aliphatic rings. The normalized spacial score (nSPS) is 10.8. The van der Waals surface area contributed by atoms with Crippen LogP contribution in [-0.2, 0) is 0 Å². The molecule has 0 unspecified atom stereocenters. The molecule has 0 atom stereocenters. The maximum absolute atomic E-state index is 12.1. The van der Waals surface area contributed by atoms with Crippen LogP contribution in [0.15, 0.2) is 33.9 Å². The number of aromatic amines is 1. The van der Waals surface area contributed by atoms with E-state index in [1.165, 1.54) is 18.7 Å². The van der Waals surface area contributed by atoms with Crippen LogP contribution in [0.5, 0.6) is 0 Å². The fourth-order valence-corrected chi connectivity index (χ4v) is 1.69. The number of aryl methyl sites for hydroxylation is 1. The van der Waals surface area contributed by atoms with Gasteiger partial charge in [0.2, 0.25) is 0 Å². The Balaban J connectivity index is 2.05. The third-order valence-corrected chi connectivity index (χ3v) is 2.60. The van der Waals surface area contributed by atoms with Gasteiger partial charge in [-0.3, -0.25) is 14.7 Å². The third-order valence-electron chi connectivity index (χ3n) is 2.60. The predicted octanol–water partition coefficient (Wildman–Crippen LogP) is 0.571. The SMILES string of the molecule is Cc1nc2nc[nH]n2c(=O)c1NC(=O)c1ccco1. The minimum atomic E-state index is -0.508.